The van der Waals surface area contributed by atoms with Crippen LogP contribution >= 0.6 is 0 Å². The highest BCUT2D eigenvalue weighted by molar-refractivity contribution is 5.89. The van der Waals surface area contributed by atoms with Gasteiger partial charge in [0.1, 0.15) is 0 Å². The number of aromatic hydroxyl groups is 1. The summed E-state index contributed by atoms with van der Waals surface area (Å²) in [4.78, 5) is 20.0. The van der Waals surface area contributed by atoms with E-state index in [-0.39, 0.29) is 17.1 Å². The van der Waals surface area contributed by atoms with E-state index in [1.807, 2.05) is 0 Å². The molecule has 0 atom stereocenters. The Hall–Kier alpha value is -2.57. The van der Waals surface area contributed by atoms with Crippen LogP contribution in [0, 0.1) is 10.1 Å². The predicted octanol–water partition coefficient (Wildman–Crippen LogP) is 1.10. The molecule has 7 nitrogen and oxygen atoms in total. The van der Waals surface area contributed by atoms with Gasteiger partial charge < -0.3 is 14.9 Å². The molecule has 0 saturated heterocycles. The number of methoxy groups -OCH3 is 1. The third kappa shape index (κ3) is 2.94. The molecule has 1 aromatic rings. The largest absolute Gasteiger partial charge is 0.504 e. The van der Waals surface area contributed by atoms with Gasteiger partial charge >= 0.3 is 11.7 Å². The molecule has 0 unspecified atom stereocenters. The Bertz CT molecular complexity index is 478. The van der Waals surface area contributed by atoms with Crippen LogP contribution in [0.25, 0.3) is 6.08 Å². The zero-order valence-electron chi connectivity index (χ0n) is 8.78. The normalized spacial score (nSPS) is 11.0. The van der Waals surface area contributed by atoms with Crippen LogP contribution in [0.3, 0.4) is 0 Å². The maximum absolute atomic E-state index is 10.6. The summed E-state index contributed by atoms with van der Waals surface area (Å²) in [5, 5.41) is 28.3. The third-order valence-corrected chi connectivity index (χ3v) is 1.92. The lowest BCUT2D eigenvalue weighted by Gasteiger charge is -2.03. The molecule has 0 aliphatic heterocycles. The van der Waals surface area contributed by atoms with E-state index in [1.165, 1.54) is 25.3 Å². The molecule has 2 N–H and O–H groups in total. The fourth-order valence-electron chi connectivity index (χ4n) is 1.13. The highest BCUT2D eigenvalue weighted by Crippen LogP contribution is 2.27. The van der Waals surface area contributed by atoms with E-state index >= 15 is 0 Å². The van der Waals surface area contributed by atoms with Crippen LogP contribution < -0.4 is 4.74 Å². The SMILES string of the molecule is COc1cc(/C=C(/C(=O)O)[N+](=O)[O-])ccc1O. The molecule has 0 aromatic heterocycles. The number of carbonyl (C=O) groups is 1. The van der Waals surface area contributed by atoms with E-state index in [9.17, 15) is 20.0 Å². The number of hydrogen-bond acceptors (Lipinski definition) is 5. The van der Waals surface area contributed by atoms with Gasteiger partial charge in [0.25, 0.3) is 0 Å². The minimum Gasteiger partial charge on any atom is -0.504 e. The lowest BCUT2D eigenvalue weighted by molar-refractivity contribution is -0.419. The van der Waals surface area contributed by atoms with Crippen LogP contribution in [0.5, 0.6) is 11.5 Å². The van der Waals surface area contributed by atoms with E-state index < -0.39 is 16.6 Å². The highest BCUT2D eigenvalue weighted by Gasteiger charge is 2.20. The number of carboxylic acids is 1. The van der Waals surface area contributed by atoms with E-state index in [4.69, 9.17) is 9.84 Å². The topological polar surface area (TPSA) is 110 Å². The second-order valence-corrected chi connectivity index (χ2v) is 3.02. The van der Waals surface area contributed by atoms with Crippen molar-refractivity contribution in [2.45, 2.75) is 0 Å². The van der Waals surface area contributed by atoms with Gasteiger partial charge in [-0.2, -0.15) is 0 Å². The van der Waals surface area contributed by atoms with E-state index in [0.29, 0.717) is 0 Å². The van der Waals surface area contributed by atoms with Crippen molar-refractivity contribution in [3.63, 3.8) is 0 Å². The summed E-state index contributed by atoms with van der Waals surface area (Å²) < 4.78 is 4.79. The Morgan fingerprint density at radius 1 is 1.53 bits per heavy atom. The number of phenols is 1. The Balaban J connectivity index is 3.21. The summed E-state index contributed by atoms with van der Waals surface area (Å²) >= 11 is 0. The molecule has 7 heteroatoms. The molecule has 0 spiro atoms. The molecule has 0 saturated carbocycles. The summed E-state index contributed by atoms with van der Waals surface area (Å²) in [7, 11) is 1.31. The quantitative estimate of drug-likeness (QED) is 0.462. The van der Waals surface area contributed by atoms with Gasteiger partial charge in [-0.1, -0.05) is 6.07 Å². The van der Waals surface area contributed by atoms with Crippen molar-refractivity contribution >= 4 is 12.0 Å². The van der Waals surface area contributed by atoms with Gasteiger partial charge in [0.05, 0.1) is 12.0 Å². The lowest BCUT2D eigenvalue weighted by atomic mass is 10.1. The Morgan fingerprint density at radius 2 is 2.18 bits per heavy atom. The van der Waals surface area contributed by atoms with E-state index in [1.54, 1.807) is 0 Å². The van der Waals surface area contributed by atoms with Crippen molar-refractivity contribution < 1.29 is 24.7 Å². The fraction of sp³-hybridized carbons (Fsp3) is 0.100. The maximum Gasteiger partial charge on any atom is 0.407 e. The van der Waals surface area contributed by atoms with Gasteiger partial charge in [-0.3, -0.25) is 10.1 Å². The van der Waals surface area contributed by atoms with E-state index in [0.717, 1.165) is 6.08 Å². The van der Waals surface area contributed by atoms with Gasteiger partial charge in [0.2, 0.25) is 0 Å². The predicted molar refractivity (Wildman–Crippen MR) is 57.3 cm³/mol. The summed E-state index contributed by atoms with van der Waals surface area (Å²) in [6.07, 6.45) is 0.879. The second kappa shape index (κ2) is 4.97. The van der Waals surface area contributed by atoms with E-state index in [2.05, 4.69) is 0 Å². The molecular weight excluding hydrogens is 230 g/mol. The molecule has 0 heterocycles. The van der Waals surface area contributed by atoms with Crippen molar-refractivity contribution in [2.24, 2.45) is 0 Å². The first kappa shape index (κ1) is 12.5. The van der Waals surface area contributed by atoms with Crippen LogP contribution in [0.15, 0.2) is 23.9 Å². The van der Waals surface area contributed by atoms with Crippen molar-refractivity contribution in [1.82, 2.24) is 0 Å². The smallest absolute Gasteiger partial charge is 0.407 e. The molecule has 1 aromatic carbocycles. The number of nitro groups is 1. The zero-order valence-corrected chi connectivity index (χ0v) is 8.78. The van der Waals surface area contributed by atoms with Crippen LogP contribution in [0.1, 0.15) is 5.56 Å². The third-order valence-electron chi connectivity index (χ3n) is 1.92. The average Bonchev–Trinajstić information content (AvgIpc) is 2.26. The van der Waals surface area contributed by atoms with Crippen LogP contribution in [0.2, 0.25) is 0 Å². The molecule has 0 radical (unpaired) electrons. The van der Waals surface area contributed by atoms with Crippen LogP contribution in [-0.2, 0) is 4.79 Å². The summed E-state index contributed by atoms with van der Waals surface area (Å²) in [6, 6.07) is 3.89. The van der Waals surface area contributed by atoms with Crippen LogP contribution in [0.4, 0.5) is 0 Å². The molecule has 1 rings (SSSR count). The molecule has 0 fully saturated rings. The summed E-state index contributed by atoms with van der Waals surface area (Å²) in [5.74, 6) is -1.67. The minimum atomic E-state index is -1.64. The van der Waals surface area contributed by atoms with Gasteiger partial charge in [0, 0.05) is 6.08 Å². The first-order valence-corrected chi connectivity index (χ1v) is 4.42. The molecule has 17 heavy (non-hydrogen) atoms. The Labute approximate surface area is 95.7 Å². The Morgan fingerprint density at radius 3 is 2.65 bits per heavy atom. The first-order chi connectivity index (χ1) is 7.95. The number of hydrogen-bond donors (Lipinski definition) is 2. The number of benzene rings is 1. The van der Waals surface area contributed by atoms with Crippen molar-refractivity contribution in [2.75, 3.05) is 7.11 Å². The number of aliphatic carboxylic acids is 1. The minimum absolute atomic E-state index is 0.104. The van der Waals surface area contributed by atoms with Crippen molar-refractivity contribution in [1.29, 1.82) is 0 Å². The number of ether oxygens (including phenoxy) is 1. The number of carboxylic acid groups (broad SMARTS) is 1. The molecule has 0 amide bonds. The van der Waals surface area contributed by atoms with Gasteiger partial charge in [-0.25, -0.2) is 4.79 Å². The molecular formula is C10H9NO6. The highest BCUT2D eigenvalue weighted by atomic mass is 16.6. The zero-order chi connectivity index (χ0) is 13.0. The Kier molecular flexibility index (Phi) is 3.66. The number of phenolic OH excluding ortho intramolecular Hbond substituents is 1. The maximum atomic E-state index is 10.6. The second-order valence-electron chi connectivity index (χ2n) is 3.02. The van der Waals surface area contributed by atoms with Crippen molar-refractivity contribution in [3.05, 3.63) is 39.6 Å². The number of rotatable bonds is 4. The fourth-order valence-corrected chi connectivity index (χ4v) is 1.13. The standard InChI is InChI=1S/C10H9NO6/c1-17-9-5-6(2-3-8(9)12)4-7(10(13)14)11(15)16/h2-5,12H,1H3,(H,13,14)/b7-4-. The van der Waals surface area contributed by atoms with Crippen LogP contribution in [-0.4, -0.2) is 28.2 Å². The number of nitrogens with zero attached hydrogens (tertiary/aromatic N) is 1. The lowest BCUT2D eigenvalue weighted by Crippen LogP contribution is -2.09. The first-order valence-electron chi connectivity index (χ1n) is 4.42. The van der Waals surface area contributed by atoms with Crippen molar-refractivity contribution in [3.8, 4) is 11.5 Å². The molecule has 0 aliphatic carbocycles. The van der Waals surface area contributed by atoms with Gasteiger partial charge in [-0.05, 0) is 17.7 Å². The molecule has 90 valence electrons. The average molecular weight is 239 g/mol. The summed E-state index contributed by atoms with van der Waals surface area (Å²) in [6.45, 7) is 0. The molecule has 0 bridgehead atoms. The summed E-state index contributed by atoms with van der Waals surface area (Å²) in [5.41, 5.74) is -0.716. The molecule has 0 aliphatic rings. The monoisotopic (exact) mass is 239 g/mol. The van der Waals surface area contributed by atoms with Gasteiger partial charge in [0.15, 0.2) is 11.5 Å². The van der Waals surface area contributed by atoms with Gasteiger partial charge in [-0.15, -0.1) is 0 Å².